The highest BCUT2D eigenvalue weighted by molar-refractivity contribution is 9.10. The number of hydrogen-bond acceptors (Lipinski definition) is 2. The van der Waals surface area contributed by atoms with E-state index < -0.39 is 5.97 Å². The van der Waals surface area contributed by atoms with Crippen molar-refractivity contribution in [1.82, 2.24) is 4.90 Å². The van der Waals surface area contributed by atoms with Gasteiger partial charge in [0.1, 0.15) is 0 Å². The lowest BCUT2D eigenvalue weighted by Gasteiger charge is -2.28. The summed E-state index contributed by atoms with van der Waals surface area (Å²) < 4.78 is 0.666. The Labute approximate surface area is 132 Å². The maximum Gasteiger partial charge on any atom is 0.337 e. The normalized spacial score (nSPS) is 21.4. The number of nitrogens with zero attached hydrogens (tertiary/aromatic N) is 1. The summed E-state index contributed by atoms with van der Waals surface area (Å²) >= 11 is 3.24. The molecular formula is C15H19BrN2O3. The molecule has 2 atom stereocenters. The van der Waals surface area contributed by atoms with Crippen molar-refractivity contribution < 1.29 is 14.7 Å². The number of benzene rings is 1. The monoisotopic (exact) mass is 354 g/mol. The van der Waals surface area contributed by atoms with Crippen LogP contribution in [0.4, 0.5) is 10.5 Å². The van der Waals surface area contributed by atoms with Crippen LogP contribution in [0.15, 0.2) is 22.7 Å². The number of rotatable bonds is 3. The van der Waals surface area contributed by atoms with Crippen LogP contribution in [0.5, 0.6) is 0 Å². The molecule has 1 aromatic rings. The molecule has 0 radical (unpaired) electrons. The van der Waals surface area contributed by atoms with Crippen molar-refractivity contribution in [3.8, 4) is 0 Å². The van der Waals surface area contributed by atoms with E-state index in [1.165, 1.54) is 6.07 Å². The average Bonchev–Trinajstić information content (AvgIpc) is 2.81. The molecule has 2 rings (SSSR count). The van der Waals surface area contributed by atoms with Crippen LogP contribution in [-0.4, -0.2) is 34.1 Å². The van der Waals surface area contributed by atoms with Crippen LogP contribution in [0, 0.1) is 0 Å². The van der Waals surface area contributed by atoms with Crippen LogP contribution in [0.2, 0.25) is 0 Å². The van der Waals surface area contributed by atoms with Crippen LogP contribution >= 0.6 is 15.9 Å². The fourth-order valence-corrected chi connectivity index (χ4v) is 3.18. The highest BCUT2D eigenvalue weighted by Crippen LogP contribution is 2.28. The Bertz CT molecular complexity index is 562. The van der Waals surface area contributed by atoms with Crippen LogP contribution in [0.1, 0.15) is 43.5 Å². The lowest BCUT2D eigenvalue weighted by molar-refractivity contribution is 0.0698. The number of halogens is 1. The maximum atomic E-state index is 12.5. The van der Waals surface area contributed by atoms with Crippen molar-refractivity contribution in [2.45, 2.75) is 45.2 Å². The van der Waals surface area contributed by atoms with Crippen molar-refractivity contribution in [1.29, 1.82) is 0 Å². The Hall–Kier alpha value is -1.56. The molecule has 114 valence electrons. The molecule has 2 unspecified atom stereocenters. The van der Waals surface area contributed by atoms with E-state index in [0.717, 1.165) is 19.3 Å². The zero-order valence-corrected chi connectivity index (χ0v) is 13.7. The molecule has 2 amide bonds. The first-order valence-electron chi connectivity index (χ1n) is 7.06. The Morgan fingerprint density at radius 2 is 2.14 bits per heavy atom. The van der Waals surface area contributed by atoms with E-state index in [1.807, 2.05) is 11.8 Å². The van der Waals surface area contributed by atoms with Gasteiger partial charge in [-0.3, -0.25) is 0 Å². The minimum atomic E-state index is -1.06. The third kappa shape index (κ3) is 3.37. The van der Waals surface area contributed by atoms with E-state index in [-0.39, 0.29) is 23.7 Å². The molecule has 0 bridgehead atoms. The van der Waals surface area contributed by atoms with E-state index in [2.05, 4.69) is 28.2 Å². The Kier molecular flexibility index (Phi) is 4.88. The standard InChI is InChI=1S/C15H19BrN2O3/c1-3-11-6-4-9(2)18(11)15(21)17-13-7-5-10(16)8-12(13)14(19)20/h5,7-9,11H,3-4,6H2,1-2H3,(H,17,21)(H,19,20). The van der Waals surface area contributed by atoms with Gasteiger partial charge in [-0.25, -0.2) is 9.59 Å². The van der Waals surface area contributed by atoms with Crippen molar-refractivity contribution >= 4 is 33.6 Å². The molecule has 21 heavy (non-hydrogen) atoms. The molecule has 1 aromatic carbocycles. The van der Waals surface area contributed by atoms with Crippen LogP contribution in [0.3, 0.4) is 0 Å². The first kappa shape index (κ1) is 15.8. The van der Waals surface area contributed by atoms with Gasteiger partial charge in [-0.05, 0) is 44.4 Å². The summed E-state index contributed by atoms with van der Waals surface area (Å²) in [6.07, 6.45) is 2.89. The van der Waals surface area contributed by atoms with Crippen LogP contribution < -0.4 is 5.32 Å². The molecule has 1 aliphatic heterocycles. The minimum Gasteiger partial charge on any atom is -0.478 e. The molecule has 0 aliphatic carbocycles. The lowest BCUT2D eigenvalue weighted by atomic mass is 10.1. The van der Waals surface area contributed by atoms with Crippen molar-refractivity contribution in [3.63, 3.8) is 0 Å². The highest BCUT2D eigenvalue weighted by Gasteiger charge is 2.33. The van der Waals surface area contributed by atoms with Gasteiger partial charge in [-0.1, -0.05) is 22.9 Å². The minimum absolute atomic E-state index is 0.0811. The van der Waals surface area contributed by atoms with E-state index in [0.29, 0.717) is 10.2 Å². The second-order valence-corrected chi connectivity index (χ2v) is 6.24. The molecule has 1 saturated heterocycles. The lowest BCUT2D eigenvalue weighted by Crippen LogP contribution is -2.42. The molecular weight excluding hydrogens is 336 g/mol. The molecule has 6 heteroatoms. The Balaban J connectivity index is 2.22. The number of carbonyl (C=O) groups excluding carboxylic acids is 1. The van der Waals surface area contributed by atoms with Gasteiger partial charge in [-0.2, -0.15) is 0 Å². The SMILES string of the molecule is CCC1CCC(C)N1C(=O)Nc1ccc(Br)cc1C(=O)O. The number of likely N-dealkylation sites (tertiary alicyclic amines) is 1. The topological polar surface area (TPSA) is 69.6 Å². The number of anilines is 1. The molecule has 1 heterocycles. The van der Waals surface area contributed by atoms with Gasteiger partial charge in [0, 0.05) is 16.6 Å². The van der Waals surface area contributed by atoms with Gasteiger partial charge in [0.05, 0.1) is 11.3 Å². The summed E-state index contributed by atoms with van der Waals surface area (Å²) in [6, 6.07) is 4.99. The number of carbonyl (C=O) groups is 2. The zero-order chi connectivity index (χ0) is 15.6. The number of nitrogens with one attached hydrogen (secondary N) is 1. The van der Waals surface area contributed by atoms with E-state index in [9.17, 15) is 14.7 Å². The number of hydrogen-bond donors (Lipinski definition) is 2. The van der Waals surface area contributed by atoms with Crippen molar-refractivity contribution in [3.05, 3.63) is 28.2 Å². The number of urea groups is 1. The second-order valence-electron chi connectivity index (χ2n) is 5.32. The summed E-state index contributed by atoms with van der Waals surface area (Å²) in [7, 11) is 0. The smallest absolute Gasteiger partial charge is 0.337 e. The number of carboxylic acid groups (broad SMARTS) is 1. The van der Waals surface area contributed by atoms with Gasteiger partial charge in [0.2, 0.25) is 0 Å². The summed E-state index contributed by atoms with van der Waals surface area (Å²) in [5, 5.41) is 12.0. The van der Waals surface area contributed by atoms with E-state index in [4.69, 9.17) is 0 Å². The number of amides is 2. The van der Waals surface area contributed by atoms with Crippen LogP contribution in [0.25, 0.3) is 0 Å². The molecule has 1 aliphatic rings. The third-order valence-electron chi connectivity index (χ3n) is 3.95. The fourth-order valence-electron chi connectivity index (χ4n) is 2.82. The third-order valence-corrected chi connectivity index (χ3v) is 4.44. The van der Waals surface area contributed by atoms with Gasteiger partial charge < -0.3 is 15.3 Å². The van der Waals surface area contributed by atoms with Gasteiger partial charge in [-0.15, -0.1) is 0 Å². The Morgan fingerprint density at radius 3 is 2.76 bits per heavy atom. The molecule has 5 nitrogen and oxygen atoms in total. The number of aromatic carboxylic acids is 1. The molecule has 2 N–H and O–H groups in total. The predicted molar refractivity (Wildman–Crippen MR) is 84.7 cm³/mol. The molecule has 0 spiro atoms. The predicted octanol–water partition coefficient (Wildman–Crippen LogP) is 3.94. The largest absolute Gasteiger partial charge is 0.478 e. The highest BCUT2D eigenvalue weighted by atomic mass is 79.9. The first-order valence-corrected chi connectivity index (χ1v) is 7.85. The maximum absolute atomic E-state index is 12.5. The molecule has 0 aromatic heterocycles. The van der Waals surface area contributed by atoms with Gasteiger partial charge in [0.15, 0.2) is 0 Å². The van der Waals surface area contributed by atoms with E-state index >= 15 is 0 Å². The molecule has 1 fully saturated rings. The number of carboxylic acids is 1. The van der Waals surface area contributed by atoms with Gasteiger partial charge in [0.25, 0.3) is 0 Å². The summed E-state index contributed by atoms with van der Waals surface area (Å²) in [4.78, 5) is 25.6. The van der Waals surface area contributed by atoms with Crippen molar-refractivity contribution in [2.24, 2.45) is 0 Å². The quantitative estimate of drug-likeness (QED) is 0.863. The second kappa shape index (κ2) is 6.47. The van der Waals surface area contributed by atoms with E-state index in [1.54, 1.807) is 12.1 Å². The fraction of sp³-hybridized carbons (Fsp3) is 0.467. The summed E-state index contributed by atoms with van der Waals surface area (Å²) in [5.74, 6) is -1.06. The first-order chi connectivity index (χ1) is 9.93. The van der Waals surface area contributed by atoms with Crippen LogP contribution in [-0.2, 0) is 0 Å². The zero-order valence-electron chi connectivity index (χ0n) is 12.1. The summed E-state index contributed by atoms with van der Waals surface area (Å²) in [5.41, 5.74) is 0.405. The molecule has 0 saturated carbocycles. The van der Waals surface area contributed by atoms with Crippen molar-refractivity contribution in [2.75, 3.05) is 5.32 Å². The summed E-state index contributed by atoms with van der Waals surface area (Å²) in [6.45, 7) is 4.08. The Morgan fingerprint density at radius 1 is 1.43 bits per heavy atom. The average molecular weight is 355 g/mol. The van der Waals surface area contributed by atoms with Gasteiger partial charge >= 0.3 is 12.0 Å².